The van der Waals surface area contributed by atoms with Crippen LogP contribution < -0.4 is 0 Å². The standard InChI is InChI=1S/C15H12O3/c1-10(17)11-3-2-4-12(7-11)13-5-6-15(18)14(8-13)9-16/h2-9,18H,1H3. The van der Waals surface area contributed by atoms with Crippen LogP contribution in [0.15, 0.2) is 42.5 Å². The molecule has 2 rings (SSSR count). The van der Waals surface area contributed by atoms with Gasteiger partial charge in [0.1, 0.15) is 5.75 Å². The van der Waals surface area contributed by atoms with E-state index in [0.717, 1.165) is 11.1 Å². The summed E-state index contributed by atoms with van der Waals surface area (Å²) in [6.45, 7) is 1.51. The van der Waals surface area contributed by atoms with Gasteiger partial charge in [0.25, 0.3) is 0 Å². The second kappa shape index (κ2) is 4.84. The van der Waals surface area contributed by atoms with Crippen LogP contribution >= 0.6 is 0 Å². The molecular weight excluding hydrogens is 228 g/mol. The van der Waals surface area contributed by atoms with Gasteiger partial charge in [-0.1, -0.05) is 24.3 Å². The van der Waals surface area contributed by atoms with Gasteiger partial charge in [-0.25, -0.2) is 0 Å². The lowest BCUT2D eigenvalue weighted by atomic mass is 10.00. The number of phenols is 1. The molecule has 0 amide bonds. The van der Waals surface area contributed by atoms with Crippen molar-refractivity contribution in [2.75, 3.05) is 0 Å². The normalized spacial score (nSPS) is 10.1. The van der Waals surface area contributed by atoms with E-state index in [1.807, 2.05) is 6.07 Å². The van der Waals surface area contributed by atoms with Crippen molar-refractivity contribution >= 4 is 12.1 Å². The van der Waals surface area contributed by atoms with Gasteiger partial charge in [0.15, 0.2) is 12.1 Å². The maximum Gasteiger partial charge on any atom is 0.159 e. The monoisotopic (exact) mass is 240 g/mol. The van der Waals surface area contributed by atoms with Crippen LogP contribution in [0, 0.1) is 0 Å². The lowest BCUT2D eigenvalue weighted by molar-refractivity contribution is 0.101. The lowest BCUT2D eigenvalue weighted by Gasteiger charge is -2.05. The number of carbonyl (C=O) groups is 2. The van der Waals surface area contributed by atoms with Gasteiger partial charge in [-0.15, -0.1) is 0 Å². The number of ketones is 1. The third-order valence-corrected chi connectivity index (χ3v) is 2.76. The summed E-state index contributed by atoms with van der Waals surface area (Å²) in [5.41, 5.74) is 2.48. The van der Waals surface area contributed by atoms with E-state index in [0.29, 0.717) is 11.8 Å². The second-order valence-corrected chi connectivity index (χ2v) is 4.03. The van der Waals surface area contributed by atoms with E-state index in [2.05, 4.69) is 0 Å². The summed E-state index contributed by atoms with van der Waals surface area (Å²) >= 11 is 0. The third-order valence-electron chi connectivity index (χ3n) is 2.76. The van der Waals surface area contributed by atoms with Gasteiger partial charge in [0.2, 0.25) is 0 Å². The van der Waals surface area contributed by atoms with Crippen LogP contribution in [0.5, 0.6) is 5.75 Å². The van der Waals surface area contributed by atoms with Gasteiger partial charge < -0.3 is 5.11 Å². The zero-order valence-corrected chi connectivity index (χ0v) is 9.88. The van der Waals surface area contributed by atoms with Crippen molar-refractivity contribution < 1.29 is 14.7 Å². The Labute approximate surface area is 105 Å². The van der Waals surface area contributed by atoms with Crippen LogP contribution in [0.25, 0.3) is 11.1 Å². The van der Waals surface area contributed by atoms with Crippen LogP contribution in [0.4, 0.5) is 0 Å². The molecule has 2 aromatic carbocycles. The van der Waals surface area contributed by atoms with Crippen molar-refractivity contribution in [1.82, 2.24) is 0 Å². The van der Waals surface area contributed by atoms with E-state index < -0.39 is 0 Å². The van der Waals surface area contributed by atoms with Gasteiger partial charge in [0.05, 0.1) is 5.56 Å². The fraction of sp³-hybridized carbons (Fsp3) is 0.0667. The van der Waals surface area contributed by atoms with Gasteiger partial charge in [-0.05, 0) is 36.2 Å². The molecule has 0 aliphatic heterocycles. The molecule has 0 unspecified atom stereocenters. The fourth-order valence-corrected chi connectivity index (χ4v) is 1.75. The number of aldehydes is 1. The molecule has 1 N–H and O–H groups in total. The average Bonchev–Trinajstić information content (AvgIpc) is 2.39. The van der Waals surface area contributed by atoms with E-state index in [9.17, 15) is 14.7 Å². The first-order chi connectivity index (χ1) is 8.61. The minimum Gasteiger partial charge on any atom is -0.507 e. The van der Waals surface area contributed by atoms with E-state index in [1.165, 1.54) is 13.0 Å². The Morgan fingerprint density at radius 2 is 1.83 bits per heavy atom. The van der Waals surface area contributed by atoms with E-state index in [-0.39, 0.29) is 17.1 Å². The van der Waals surface area contributed by atoms with E-state index in [4.69, 9.17) is 0 Å². The minimum absolute atomic E-state index is 0.00811. The topological polar surface area (TPSA) is 54.4 Å². The molecule has 0 aliphatic rings. The van der Waals surface area contributed by atoms with E-state index in [1.54, 1.807) is 30.3 Å². The molecule has 0 atom stereocenters. The quantitative estimate of drug-likeness (QED) is 0.662. The molecule has 0 radical (unpaired) electrons. The first-order valence-corrected chi connectivity index (χ1v) is 5.51. The van der Waals surface area contributed by atoms with Crippen molar-refractivity contribution in [3.63, 3.8) is 0 Å². The molecule has 18 heavy (non-hydrogen) atoms. The summed E-state index contributed by atoms with van der Waals surface area (Å²) < 4.78 is 0. The first kappa shape index (κ1) is 12.0. The highest BCUT2D eigenvalue weighted by Crippen LogP contribution is 2.25. The van der Waals surface area contributed by atoms with Crippen molar-refractivity contribution in [2.45, 2.75) is 6.92 Å². The highest BCUT2D eigenvalue weighted by Gasteiger charge is 2.05. The highest BCUT2D eigenvalue weighted by molar-refractivity contribution is 5.95. The molecule has 2 aromatic rings. The number of hydrogen-bond donors (Lipinski definition) is 1. The molecule has 0 saturated carbocycles. The molecular formula is C15H12O3. The number of hydrogen-bond acceptors (Lipinski definition) is 3. The SMILES string of the molecule is CC(=O)c1cccc(-c2ccc(O)c(C=O)c2)c1. The zero-order valence-electron chi connectivity index (χ0n) is 9.88. The van der Waals surface area contributed by atoms with Crippen LogP contribution in [0.1, 0.15) is 27.6 Å². The summed E-state index contributed by atoms with van der Waals surface area (Å²) in [6.07, 6.45) is 0.605. The highest BCUT2D eigenvalue weighted by atomic mass is 16.3. The van der Waals surface area contributed by atoms with Crippen molar-refractivity contribution in [3.05, 3.63) is 53.6 Å². The smallest absolute Gasteiger partial charge is 0.159 e. The molecule has 0 bridgehead atoms. The molecule has 3 heteroatoms. The van der Waals surface area contributed by atoms with Gasteiger partial charge in [0, 0.05) is 5.56 Å². The Balaban J connectivity index is 2.51. The number of phenolic OH excluding ortho intramolecular Hbond substituents is 1. The number of aromatic hydroxyl groups is 1. The summed E-state index contributed by atoms with van der Waals surface area (Å²) in [7, 11) is 0. The van der Waals surface area contributed by atoms with Crippen molar-refractivity contribution in [1.29, 1.82) is 0 Å². The van der Waals surface area contributed by atoms with Crippen LogP contribution in [-0.2, 0) is 0 Å². The first-order valence-electron chi connectivity index (χ1n) is 5.51. The maximum absolute atomic E-state index is 11.3. The zero-order chi connectivity index (χ0) is 13.1. The minimum atomic E-state index is -0.0449. The predicted molar refractivity (Wildman–Crippen MR) is 68.9 cm³/mol. The molecule has 0 fully saturated rings. The van der Waals surface area contributed by atoms with Crippen molar-refractivity contribution in [2.24, 2.45) is 0 Å². The van der Waals surface area contributed by atoms with E-state index >= 15 is 0 Å². The Morgan fingerprint density at radius 1 is 1.11 bits per heavy atom. The van der Waals surface area contributed by atoms with Crippen LogP contribution in [-0.4, -0.2) is 17.2 Å². The molecule has 3 nitrogen and oxygen atoms in total. The van der Waals surface area contributed by atoms with Crippen LogP contribution in [0.3, 0.4) is 0 Å². The number of rotatable bonds is 3. The number of benzene rings is 2. The van der Waals surface area contributed by atoms with Crippen LogP contribution in [0.2, 0.25) is 0 Å². The number of Topliss-reactive ketones (excluding diaryl/α,β-unsaturated/α-hetero) is 1. The second-order valence-electron chi connectivity index (χ2n) is 4.03. The molecule has 0 saturated heterocycles. The Morgan fingerprint density at radius 3 is 2.50 bits per heavy atom. The maximum atomic E-state index is 11.3. The van der Waals surface area contributed by atoms with Crippen molar-refractivity contribution in [3.8, 4) is 16.9 Å². The summed E-state index contributed by atoms with van der Waals surface area (Å²) in [6, 6.07) is 11.9. The lowest BCUT2D eigenvalue weighted by Crippen LogP contribution is -1.92. The molecule has 0 aromatic heterocycles. The Bertz CT molecular complexity index is 615. The van der Waals surface area contributed by atoms with Gasteiger partial charge in [-0.2, -0.15) is 0 Å². The summed E-state index contributed by atoms with van der Waals surface area (Å²) in [4.78, 5) is 22.1. The molecule has 0 aliphatic carbocycles. The average molecular weight is 240 g/mol. The summed E-state index contributed by atoms with van der Waals surface area (Å²) in [5, 5.41) is 9.44. The van der Waals surface area contributed by atoms with Gasteiger partial charge in [-0.3, -0.25) is 9.59 Å². The molecule has 0 spiro atoms. The van der Waals surface area contributed by atoms with Gasteiger partial charge >= 0.3 is 0 Å². The fourth-order valence-electron chi connectivity index (χ4n) is 1.75. The Hall–Kier alpha value is -2.42. The third kappa shape index (κ3) is 2.30. The molecule has 0 heterocycles. The summed E-state index contributed by atoms with van der Waals surface area (Å²) in [5.74, 6) is -0.0530. The predicted octanol–water partition coefficient (Wildman–Crippen LogP) is 3.07. The largest absolute Gasteiger partial charge is 0.507 e. The molecule has 90 valence electrons. The Kier molecular flexibility index (Phi) is 3.24. The number of carbonyl (C=O) groups excluding carboxylic acids is 2.